The van der Waals surface area contributed by atoms with Crippen LogP contribution >= 0.6 is 11.6 Å². The summed E-state index contributed by atoms with van der Waals surface area (Å²) in [4.78, 5) is 4.44. The number of hydrogen-bond acceptors (Lipinski definition) is 6. The zero-order valence-electron chi connectivity index (χ0n) is 17.3. The molecule has 1 fully saturated rings. The molecule has 1 saturated carbocycles. The molecule has 0 aliphatic heterocycles. The van der Waals surface area contributed by atoms with Crippen molar-refractivity contribution in [1.82, 2.24) is 25.1 Å². The van der Waals surface area contributed by atoms with Gasteiger partial charge in [-0.2, -0.15) is 18.3 Å². The van der Waals surface area contributed by atoms with Crippen LogP contribution in [0, 0.1) is 0 Å². The molecule has 1 aromatic carbocycles. The van der Waals surface area contributed by atoms with Gasteiger partial charge in [0, 0.05) is 37.8 Å². The van der Waals surface area contributed by atoms with Crippen LogP contribution in [0.25, 0.3) is 11.0 Å². The van der Waals surface area contributed by atoms with Crippen molar-refractivity contribution in [3.8, 4) is 5.75 Å². The first-order valence-corrected chi connectivity index (χ1v) is 10.6. The Kier molecular flexibility index (Phi) is 6.50. The van der Waals surface area contributed by atoms with Gasteiger partial charge in [-0.3, -0.25) is 5.10 Å². The highest BCUT2D eigenvalue weighted by molar-refractivity contribution is 6.29. The van der Waals surface area contributed by atoms with Crippen molar-refractivity contribution in [3.05, 3.63) is 29.7 Å². The van der Waals surface area contributed by atoms with Crippen molar-refractivity contribution in [2.24, 2.45) is 7.05 Å². The molecule has 1 aliphatic carbocycles. The number of nitrogens with zero attached hydrogens (tertiary/aromatic N) is 3. The smallest absolute Gasteiger partial charge is 0.415 e. The Morgan fingerprint density at radius 1 is 1.28 bits per heavy atom. The summed E-state index contributed by atoms with van der Waals surface area (Å²) in [6.07, 6.45) is -2.58. The molecule has 2 heterocycles. The van der Waals surface area contributed by atoms with E-state index in [4.69, 9.17) is 21.4 Å². The van der Waals surface area contributed by atoms with Crippen LogP contribution in [0.4, 0.5) is 24.7 Å². The number of fused-ring (bicyclic) bond motifs is 1. The molecule has 0 saturated heterocycles. The van der Waals surface area contributed by atoms with Crippen molar-refractivity contribution < 1.29 is 23.0 Å². The van der Waals surface area contributed by atoms with E-state index >= 15 is 0 Å². The Morgan fingerprint density at radius 2 is 2.03 bits per heavy atom. The van der Waals surface area contributed by atoms with Crippen LogP contribution in [0.5, 0.6) is 5.75 Å². The molecule has 0 amide bonds. The van der Waals surface area contributed by atoms with Gasteiger partial charge in [-0.05, 0) is 25.7 Å². The van der Waals surface area contributed by atoms with Crippen molar-refractivity contribution in [2.45, 2.75) is 50.1 Å². The Morgan fingerprint density at radius 3 is 2.69 bits per heavy atom. The van der Waals surface area contributed by atoms with Gasteiger partial charge < -0.3 is 25.0 Å². The number of aliphatic hydroxyl groups excluding tert-OH is 1. The number of aryl methyl sites for hydroxylation is 1. The number of ether oxygens (including phenoxy) is 1. The van der Waals surface area contributed by atoms with E-state index in [1.807, 2.05) is 23.7 Å². The van der Waals surface area contributed by atoms with E-state index in [1.54, 1.807) is 12.4 Å². The second-order valence-electron chi connectivity index (χ2n) is 7.98. The maximum atomic E-state index is 12.5. The fraction of sp³-hybridized carbons (Fsp3) is 0.500. The minimum Gasteiger partial charge on any atom is -0.490 e. The second kappa shape index (κ2) is 9.16. The number of anilines is 2. The van der Waals surface area contributed by atoms with Crippen LogP contribution < -0.4 is 15.4 Å². The van der Waals surface area contributed by atoms with Crippen LogP contribution in [0.2, 0.25) is 5.15 Å². The first kappa shape index (κ1) is 22.7. The van der Waals surface area contributed by atoms with E-state index < -0.39 is 18.8 Å². The van der Waals surface area contributed by atoms with Gasteiger partial charge in [0.15, 0.2) is 11.9 Å². The van der Waals surface area contributed by atoms with Crippen molar-refractivity contribution in [3.63, 3.8) is 0 Å². The van der Waals surface area contributed by atoms with Gasteiger partial charge in [0.2, 0.25) is 0 Å². The Labute approximate surface area is 187 Å². The molecule has 0 spiro atoms. The molecule has 0 radical (unpaired) electrons. The number of H-pyrrole nitrogens is 1. The summed E-state index contributed by atoms with van der Waals surface area (Å²) in [6, 6.07) is 5.35. The van der Waals surface area contributed by atoms with Gasteiger partial charge in [-0.1, -0.05) is 11.6 Å². The Bertz CT molecular complexity index is 1060. The monoisotopic (exact) mass is 472 g/mol. The summed E-state index contributed by atoms with van der Waals surface area (Å²) in [7, 11) is 1.89. The van der Waals surface area contributed by atoms with Crippen molar-refractivity contribution >= 4 is 34.1 Å². The minimum atomic E-state index is -4.61. The molecule has 8 nitrogen and oxygen atoms in total. The Balaban J connectivity index is 1.40. The fourth-order valence-corrected chi connectivity index (χ4v) is 3.98. The number of aromatic nitrogens is 4. The number of alkyl halides is 3. The van der Waals surface area contributed by atoms with Crippen LogP contribution in [0.1, 0.15) is 25.7 Å². The molecule has 3 aromatic rings. The van der Waals surface area contributed by atoms with Crippen LogP contribution in [-0.4, -0.2) is 55.8 Å². The lowest BCUT2D eigenvalue weighted by molar-refractivity contribution is -0.202. The lowest BCUT2D eigenvalue weighted by atomic mass is 9.93. The summed E-state index contributed by atoms with van der Waals surface area (Å²) in [5, 5.41) is 22.3. The topological polar surface area (TPSA) is 100 Å². The first-order valence-electron chi connectivity index (χ1n) is 10.3. The van der Waals surface area contributed by atoms with Crippen LogP contribution in [0.15, 0.2) is 24.5 Å². The molecule has 1 atom stereocenters. The van der Waals surface area contributed by atoms with E-state index in [2.05, 4.69) is 25.8 Å². The number of aliphatic hydroxyl groups is 1. The standard InChI is InChI=1S/C20H24ClF3N6O2/c1-30-10-26-19-14(27-18-8-17(21)28-29-18)6-13(7-15(19)30)32-12-4-2-11(3-5-12)25-9-16(31)20(22,23)24/h6-8,10-12,16,25,31H,2-5,9H2,1H3,(H2,27,28,29)/t11?,12?,16-/m1/s1. The molecule has 1 aliphatic rings. The number of hydrogen-bond donors (Lipinski definition) is 4. The quantitative estimate of drug-likeness (QED) is 0.416. The van der Waals surface area contributed by atoms with Gasteiger partial charge in [0.25, 0.3) is 0 Å². The highest BCUT2D eigenvalue weighted by Gasteiger charge is 2.38. The number of halogens is 4. The largest absolute Gasteiger partial charge is 0.490 e. The lowest BCUT2D eigenvalue weighted by Gasteiger charge is -2.30. The maximum Gasteiger partial charge on any atom is 0.415 e. The van der Waals surface area contributed by atoms with Crippen molar-refractivity contribution in [2.75, 3.05) is 11.9 Å². The summed E-state index contributed by atoms with van der Waals surface area (Å²) < 4.78 is 45.5. The second-order valence-corrected chi connectivity index (χ2v) is 8.38. The predicted octanol–water partition coefficient (Wildman–Crippen LogP) is 3.90. The highest BCUT2D eigenvalue weighted by atomic mass is 35.5. The fourth-order valence-electron chi connectivity index (χ4n) is 3.84. The van der Waals surface area contributed by atoms with E-state index in [9.17, 15) is 13.2 Å². The number of imidazole rings is 1. The molecule has 0 bridgehead atoms. The third-order valence-corrected chi connectivity index (χ3v) is 5.76. The molecular weight excluding hydrogens is 449 g/mol. The number of benzene rings is 1. The first-order chi connectivity index (χ1) is 15.2. The normalized spacial score (nSPS) is 20.4. The average molecular weight is 473 g/mol. The van der Waals surface area contributed by atoms with E-state index in [0.717, 1.165) is 16.7 Å². The van der Waals surface area contributed by atoms with E-state index in [0.29, 0.717) is 42.4 Å². The summed E-state index contributed by atoms with van der Waals surface area (Å²) in [5.41, 5.74) is 2.36. The third kappa shape index (κ3) is 5.28. The minimum absolute atomic E-state index is 0.0565. The predicted molar refractivity (Wildman–Crippen MR) is 114 cm³/mol. The highest BCUT2D eigenvalue weighted by Crippen LogP contribution is 2.33. The number of nitrogens with one attached hydrogen (secondary N) is 3. The SMILES string of the molecule is Cn1cnc2c(Nc3cc(Cl)[nH]n3)cc(OC3CCC(NC[C@@H](O)C(F)(F)F)CC3)cc21. The van der Waals surface area contributed by atoms with Gasteiger partial charge in [-0.25, -0.2) is 4.98 Å². The molecule has 174 valence electrons. The Hall–Kier alpha value is -2.50. The molecule has 32 heavy (non-hydrogen) atoms. The zero-order chi connectivity index (χ0) is 22.9. The van der Waals surface area contributed by atoms with Crippen molar-refractivity contribution in [1.29, 1.82) is 0 Å². The van der Waals surface area contributed by atoms with E-state index in [1.165, 1.54) is 0 Å². The average Bonchev–Trinajstić information content (AvgIpc) is 3.32. The van der Waals surface area contributed by atoms with E-state index in [-0.39, 0.29) is 12.1 Å². The third-order valence-electron chi connectivity index (χ3n) is 5.57. The summed E-state index contributed by atoms with van der Waals surface area (Å²) in [5.74, 6) is 1.21. The maximum absolute atomic E-state index is 12.5. The summed E-state index contributed by atoms with van der Waals surface area (Å²) >= 11 is 5.91. The van der Waals surface area contributed by atoms with Crippen LogP contribution in [-0.2, 0) is 7.05 Å². The van der Waals surface area contributed by atoms with Crippen LogP contribution in [0.3, 0.4) is 0 Å². The summed E-state index contributed by atoms with van der Waals surface area (Å²) in [6.45, 7) is -0.497. The van der Waals surface area contributed by atoms with Gasteiger partial charge in [0.1, 0.15) is 16.4 Å². The lowest BCUT2D eigenvalue weighted by Crippen LogP contribution is -2.44. The molecule has 2 aromatic heterocycles. The molecule has 4 rings (SSSR count). The zero-order valence-corrected chi connectivity index (χ0v) is 18.0. The van der Waals surface area contributed by atoms with Gasteiger partial charge in [0.05, 0.1) is 23.6 Å². The van der Waals surface area contributed by atoms with Gasteiger partial charge in [-0.15, -0.1) is 0 Å². The molecule has 4 N–H and O–H groups in total. The molecule has 0 unspecified atom stereocenters. The number of rotatable bonds is 7. The number of aromatic amines is 1. The molecule has 12 heteroatoms. The van der Waals surface area contributed by atoms with Gasteiger partial charge >= 0.3 is 6.18 Å². The molecular formula is C20H24ClF3N6O2.